The van der Waals surface area contributed by atoms with Crippen LogP contribution >= 0.6 is 11.8 Å². The Morgan fingerprint density at radius 3 is 2.54 bits per heavy atom. The van der Waals surface area contributed by atoms with Crippen LogP contribution in [0, 0.1) is 0 Å². The van der Waals surface area contributed by atoms with E-state index in [1.807, 2.05) is 7.05 Å². The Balaban J connectivity index is 3.01. The molecular formula is C11H17NS. The zero-order valence-electron chi connectivity index (χ0n) is 8.72. The molecule has 0 atom stereocenters. The lowest BCUT2D eigenvalue weighted by molar-refractivity contribution is 0.444. The molecule has 1 aromatic rings. The highest BCUT2D eigenvalue weighted by atomic mass is 32.2. The first-order valence-corrected chi connectivity index (χ1v) is 5.66. The van der Waals surface area contributed by atoms with E-state index in [4.69, 9.17) is 0 Å². The molecule has 0 aromatic heterocycles. The molecule has 0 fully saturated rings. The molecule has 72 valence electrons. The molecule has 1 N–H and O–H groups in total. The van der Waals surface area contributed by atoms with Crippen LogP contribution < -0.4 is 5.32 Å². The maximum atomic E-state index is 3.30. The summed E-state index contributed by atoms with van der Waals surface area (Å²) in [5, 5.41) is 3.30. The van der Waals surface area contributed by atoms with Crippen LogP contribution in [0.1, 0.15) is 19.4 Å². The molecule has 0 saturated carbocycles. The van der Waals surface area contributed by atoms with Gasteiger partial charge >= 0.3 is 0 Å². The molecule has 0 spiro atoms. The van der Waals surface area contributed by atoms with Crippen molar-refractivity contribution in [2.24, 2.45) is 0 Å². The first-order chi connectivity index (χ1) is 6.10. The van der Waals surface area contributed by atoms with Gasteiger partial charge < -0.3 is 5.32 Å². The zero-order chi connectivity index (χ0) is 9.90. The third-order valence-corrected chi connectivity index (χ3v) is 3.14. The minimum absolute atomic E-state index is 0.0612. The van der Waals surface area contributed by atoms with Gasteiger partial charge in [-0.3, -0.25) is 0 Å². The van der Waals surface area contributed by atoms with Crippen molar-refractivity contribution in [2.45, 2.75) is 24.3 Å². The van der Waals surface area contributed by atoms with Crippen molar-refractivity contribution in [3.63, 3.8) is 0 Å². The molecule has 2 heteroatoms. The van der Waals surface area contributed by atoms with Crippen molar-refractivity contribution in [1.82, 2.24) is 5.32 Å². The fourth-order valence-corrected chi connectivity index (χ4v) is 1.62. The van der Waals surface area contributed by atoms with E-state index in [-0.39, 0.29) is 5.54 Å². The maximum absolute atomic E-state index is 3.30. The van der Waals surface area contributed by atoms with E-state index in [1.165, 1.54) is 10.5 Å². The summed E-state index contributed by atoms with van der Waals surface area (Å²) in [7, 11) is 1.99. The highest BCUT2D eigenvalue weighted by Gasteiger charge is 2.17. The van der Waals surface area contributed by atoms with Crippen molar-refractivity contribution in [3.05, 3.63) is 29.8 Å². The number of hydrogen-bond donors (Lipinski definition) is 1. The van der Waals surface area contributed by atoms with Crippen molar-refractivity contribution in [2.75, 3.05) is 13.3 Å². The molecule has 0 amide bonds. The van der Waals surface area contributed by atoms with E-state index < -0.39 is 0 Å². The van der Waals surface area contributed by atoms with E-state index in [0.717, 1.165) is 0 Å². The van der Waals surface area contributed by atoms with Gasteiger partial charge in [-0.2, -0.15) is 0 Å². The molecule has 0 unspecified atom stereocenters. The van der Waals surface area contributed by atoms with Gasteiger partial charge in [0, 0.05) is 10.4 Å². The van der Waals surface area contributed by atoms with E-state index in [2.05, 4.69) is 49.7 Å². The van der Waals surface area contributed by atoms with E-state index in [1.54, 1.807) is 11.8 Å². The van der Waals surface area contributed by atoms with Crippen molar-refractivity contribution in [3.8, 4) is 0 Å². The van der Waals surface area contributed by atoms with Crippen LogP contribution in [0.5, 0.6) is 0 Å². The molecule has 0 radical (unpaired) electrons. The molecule has 0 aliphatic carbocycles. The van der Waals surface area contributed by atoms with E-state index in [0.29, 0.717) is 0 Å². The molecule has 0 aliphatic heterocycles. The van der Waals surface area contributed by atoms with Gasteiger partial charge in [-0.05, 0) is 44.8 Å². The minimum Gasteiger partial charge on any atom is -0.311 e. The van der Waals surface area contributed by atoms with Crippen LogP contribution in [0.3, 0.4) is 0 Å². The molecule has 0 saturated heterocycles. The highest BCUT2D eigenvalue weighted by molar-refractivity contribution is 7.98. The Morgan fingerprint density at radius 2 is 2.00 bits per heavy atom. The molecule has 1 aromatic carbocycles. The quantitative estimate of drug-likeness (QED) is 0.744. The van der Waals surface area contributed by atoms with Crippen molar-refractivity contribution >= 4 is 11.8 Å². The number of rotatable bonds is 3. The van der Waals surface area contributed by atoms with Crippen LogP contribution in [0.15, 0.2) is 29.2 Å². The van der Waals surface area contributed by atoms with Crippen LogP contribution in [-0.4, -0.2) is 13.3 Å². The Bertz CT molecular complexity index is 281. The normalized spacial score (nSPS) is 11.7. The lowest BCUT2D eigenvalue weighted by Crippen LogP contribution is -2.32. The Morgan fingerprint density at radius 1 is 1.31 bits per heavy atom. The zero-order valence-corrected chi connectivity index (χ0v) is 9.53. The fourth-order valence-electron chi connectivity index (χ4n) is 1.16. The standard InChI is InChI=1S/C11H17NS/c1-11(2,12-3)9-6-5-7-10(8-9)13-4/h5-8,12H,1-4H3. The van der Waals surface area contributed by atoms with E-state index in [9.17, 15) is 0 Å². The van der Waals surface area contributed by atoms with Crippen LogP contribution in [-0.2, 0) is 5.54 Å². The Kier molecular flexibility index (Phi) is 3.40. The SMILES string of the molecule is CNC(C)(C)c1cccc(SC)c1. The molecule has 1 nitrogen and oxygen atoms in total. The summed E-state index contributed by atoms with van der Waals surface area (Å²) in [6.45, 7) is 4.37. The predicted molar refractivity (Wildman–Crippen MR) is 60.3 cm³/mol. The Hall–Kier alpha value is -0.470. The van der Waals surface area contributed by atoms with Gasteiger partial charge in [0.15, 0.2) is 0 Å². The topological polar surface area (TPSA) is 12.0 Å². The summed E-state index contributed by atoms with van der Waals surface area (Å²) in [6.07, 6.45) is 2.10. The summed E-state index contributed by atoms with van der Waals surface area (Å²) in [4.78, 5) is 1.32. The minimum atomic E-state index is 0.0612. The van der Waals surface area contributed by atoms with Crippen LogP contribution in [0.4, 0.5) is 0 Å². The van der Waals surface area contributed by atoms with E-state index >= 15 is 0 Å². The number of benzene rings is 1. The number of thioether (sulfide) groups is 1. The second-order valence-electron chi connectivity index (χ2n) is 3.61. The molecule has 0 aliphatic rings. The number of nitrogens with one attached hydrogen (secondary N) is 1. The van der Waals surface area contributed by atoms with Gasteiger partial charge in [-0.15, -0.1) is 11.8 Å². The summed E-state index contributed by atoms with van der Waals surface area (Å²) in [5.41, 5.74) is 1.40. The average Bonchev–Trinajstić information content (AvgIpc) is 2.18. The summed E-state index contributed by atoms with van der Waals surface area (Å²) in [5.74, 6) is 0. The van der Waals surface area contributed by atoms with Gasteiger partial charge in [0.1, 0.15) is 0 Å². The lowest BCUT2D eigenvalue weighted by atomic mass is 9.95. The summed E-state index contributed by atoms with van der Waals surface area (Å²) < 4.78 is 0. The number of hydrogen-bond acceptors (Lipinski definition) is 2. The van der Waals surface area contributed by atoms with Crippen LogP contribution in [0.25, 0.3) is 0 Å². The predicted octanol–water partition coefficient (Wildman–Crippen LogP) is 2.86. The van der Waals surface area contributed by atoms with Gasteiger partial charge in [0.25, 0.3) is 0 Å². The van der Waals surface area contributed by atoms with Gasteiger partial charge in [0.05, 0.1) is 0 Å². The third-order valence-electron chi connectivity index (χ3n) is 2.42. The first kappa shape index (κ1) is 10.6. The largest absolute Gasteiger partial charge is 0.311 e. The fraction of sp³-hybridized carbons (Fsp3) is 0.455. The second-order valence-corrected chi connectivity index (χ2v) is 4.49. The molecular weight excluding hydrogens is 178 g/mol. The van der Waals surface area contributed by atoms with Crippen molar-refractivity contribution in [1.29, 1.82) is 0 Å². The lowest BCUT2D eigenvalue weighted by Gasteiger charge is -2.24. The molecule has 1 rings (SSSR count). The van der Waals surface area contributed by atoms with Crippen molar-refractivity contribution < 1.29 is 0 Å². The summed E-state index contributed by atoms with van der Waals surface area (Å²) >= 11 is 1.78. The van der Waals surface area contributed by atoms with Gasteiger partial charge in [-0.25, -0.2) is 0 Å². The average molecular weight is 195 g/mol. The van der Waals surface area contributed by atoms with Gasteiger partial charge in [-0.1, -0.05) is 12.1 Å². The summed E-state index contributed by atoms with van der Waals surface area (Å²) in [6, 6.07) is 8.65. The monoisotopic (exact) mass is 195 g/mol. The molecule has 0 heterocycles. The maximum Gasteiger partial charge on any atom is 0.0375 e. The first-order valence-electron chi connectivity index (χ1n) is 4.43. The van der Waals surface area contributed by atoms with Crippen LogP contribution in [0.2, 0.25) is 0 Å². The highest BCUT2D eigenvalue weighted by Crippen LogP contribution is 2.23. The second kappa shape index (κ2) is 4.16. The molecule has 0 bridgehead atoms. The smallest absolute Gasteiger partial charge is 0.0375 e. The Labute approximate surface area is 84.9 Å². The third kappa shape index (κ3) is 2.48. The van der Waals surface area contributed by atoms with Gasteiger partial charge in [0.2, 0.25) is 0 Å². The molecule has 13 heavy (non-hydrogen) atoms.